The van der Waals surface area contributed by atoms with Crippen LogP contribution in [0.1, 0.15) is 106 Å². The molecule has 0 radical (unpaired) electrons. The number of esters is 1. The Balaban J connectivity index is 1.04. The number of nitrogens with zero attached hydrogens (tertiary/aromatic N) is 10. The zero-order valence-corrected chi connectivity index (χ0v) is 71.1. The number of aromatic nitrogens is 2. The van der Waals surface area contributed by atoms with E-state index in [1.54, 1.807) is 0 Å². The van der Waals surface area contributed by atoms with E-state index in [1.807, 2.05) is 97.1 Å². The molecule has 614 valence electrons. The van der Waals surface area contributed by atoms with E-state index < -0.39 is 110 Å². The fourth-order valence-electron chi connectivity index (χ4n) is 18.0. The number of amidine groups is 4. The first-order valence-electron chi connectivity index (χ1n) is 38.3. The van der Waals surface area contributed by atoms with Crippen molar-refractivity contribution in [1.29, 1.82) is 0 Å². The third-order valence-electron chi connectivity index (χ3n) is 22.5. The molecule has 0 bridgehead atoms. The number of ether oxygens (including phenoxy) is 4. The summed E-state index contributed by atoms with van der Waals surface area (Å²) >= 11 is 0. The van der Waals surface area contributed by atoms with Crippen LogP contribution in [0.3, 0.4) is 0 Å². The third kappa shape index (κ3) is 17.2. The first kappa shape index (κ1) is 85.0. The summed E-state index contributed by atoms with van der Waals surface area (Å²) in [5.41, 5.74) is 3.98. The van der Waals surface area contributed by atoms with Gasteiger partial charge in [-0.3, -0.25) is 4.79 Å². The monoisotopic (exact) mass is 1700 g/mol. The van der Waals surface area contributed by atoms with Gasteiger partial charge in [-0.05, 0) is 0 Å². The Hall–Kier alpha value is -6.37. The van der Waals surface area contributed by atoms with Crippen molar-refractivity contribution in [2.45, 2.75) is 122 Å². The number of quaternary nitrogens is 2. The molecular formula is C72H104N10O22S5Si3+2. The van der Waals surface area contributed by atoms with Crippen molar-refractivity contribution in [3.63, 3.8) is 0 Å². The molecule has 5 N–H and O–H groups in total. The van der Waals surface area contributed by atoms with Crippen LogP contribution in [0.15, 0.2) is 117 Å². The molecule has 2 aromatic heterocycles. The Labute approximate surface area is 655 Å². The van der Waals surface area contributed by atoms with Crippen molar-refractivity contribution < 1.29 is 114 Å². The topological polar surface area (TPSA) is 410 Å². The number of carbonyl (C=O) groups is 1. The van der Waals surface area contributed by atoms with Crippen LogP contribution in [0.5, 0.6) is 0 Å². The van der Waals surface area contributed by atoms with Gasteiger partial charge in [0.2, 0.25) is 0 Å². The number of fused-ring (bicyclic) bond motifs is 12. The van der Waals surface area contributed by atoms with Crippen molar-refractivity contribution >= 4 is 137 Å². The molecule has 0 aliphatic carbocycles. The van der Waals surface area contributed by atoms with Crippen LogP contribution >= 0.6 is 0 Å². The first-order chi connectivity index (χ1) is 52.8. The predicted octanol–water partition coefficient (Wildman–Crippen LogP) is 7.14. The number of hydrogen-bond donors (Lipinski definition) is 5. The summed E-state index contributed by atoms with van der Waals surface area (Å²) in [6, 6.07) is 32.8. The van der Waals surface area contributed by atoms with Crippen molar-refractivity contribution in [2.24, 2.45) is 20.0 Å². The van der Waals surface area contributed by atoms with Gasteiger partial charge in [0.05, 0.1) is 33.4 Å². The predicted molar refractivity (Wildman–Crippen MR) is 430 cm³/mol. The van der Waals surface area contributed by atoms with Crippen LogP contribution in [0, 0.1) is 0 Å². The van der Waals surface area contributed by atoms with Crippen LogP contribution in [-0.4, -0.2) is 272 Å². The Bertz CT molecular complexity index is 5230. The molecule has 6 aliphatic rings. The summed E-state index contributed by atoms with van der Waals surface area (Å²) in [4.78, 5) is 35.1. The van der Waals surface area contributed by atoms with E-state index in [4.69, 9.17) is 38.9 Å². The minimum atomic E-state index is -7.44. The maximum atomic E-state index is 12.3. The van der Waals surface area contributed by atoms with Crippen LogP contribution in [0.25, 0.3) is 21.5 Å². The minimum absolute atomic E-state index is 0.0782. The van der Waals surface area contributed by atoms with Crippen LogP contribution in [-0.2, 0) is 82.6 Å². The second-order valence-corrected chi connectivity index (χ2v) is 53.7. The van der Waals surface area contributed by atoms with Gasteiger partial charge in [0, 0.05) is 0 Å². The van der Waals surface area contributed by atoms with Crippen LogP contribution in [0.4, 0.5) is 11.6 Å². The second-order valence-electron chi connectivity index (χ2n) is 31.5. The van der Waals surface area contributed by atoms with Crippen molar-refractivity contribution in [2.75, 3.05) is 128 Å². The van der Waals surface area contributed by atoms with E-state index in [0.717, 1.165) is 43.8 Å². The molecule has 32 nitrogen and oxygen atoms in total. The average Bonchev–Trinajstić information content (AvgIpc) is 1.31. The van der Waals surface area contributed by atoms with Gasteiger partial charge in [-0.1, -0.05) is 0 Å². The Morgan fingerprint density at radius 2 is 0.714 bits per heavy atom. The maximum absolute atomic E-state index is 12.3. The zero-order valence-electron chi connectivity index (χ0n) is 64.0. The fourth-order valence-corrected chi connectivity index (χ4v) is 43.1. The van der Waals surface area contributed by atoms with Gasteiger partial charge in [0.25, 0.3) is 0 Å². The average molecular weight is 1710 g/mol. The van der Waals surface area contributed by atoms with Crippen LogP contribution < -0.4 is 11.0 Å². The number of hydrogen-bond acceptors (Lipinski definition) is 21. The van der Waals surface area contributed by atoms with Gasteiger partial charge >= 0.3 is 612 Å². The molecule has 12 rings (SSSR count). The summed E-state index contributed by atoms with van der Waals surface area (Å²) in [6.45, 7) is 12.9. The first-order valence-corrected chi connectivity index (χ1v) is 55.1. The molecule has 112 heavy (non-hydrogen) atoms. The number of unbranched alkanes of at least 4 members (excludes halogenated alkanes) is 5. The number of rotatable bonds is 49. The van der Waals surface area contributed by atoms with Crippen molar-refractivity contribution in [3.8, 4) is 0 Å². The van der Waals surface area contributed by atoms with Crippen molar-refractivity contribution in [3.05, 3.63) is 130 Å². The Morgan fingerprint density at radius 1 is 0.402 bits per heavy atom. The van der Waals surface area contributed by atoms with E-state index in [9.17, 15) is 77.9 Å². The van der Waals surface area contributed by atoms with Gasteiger partial charge in [-0.2, -0.15) is 0 Å². The SMILES string of the molecule is COC(=O)CCOCCOCCOCC[N+](CCCCS(=O)(=O)O)(CCCCS(=O)(=O)O)CCC[Si](C)(C)O[Si-2]123(O[Si](C)(C)CCC[N+](CCCCS(=O)(=O)O)(CCCCS(=O)(=O)O)CCCCS(=O)(=O)O)n4c5c6ccccc6c4N=C4c6ccccc6C(=[N+]41)N=c1c4ccccc4c(n12)=NC1=[N+]3C(=N5)c2ccccc21. The van der Waals surface area contributed by atoms with E-state index in [0.29, 0.717) is 160 Å². The molecule has 0 saturated heterocycles. The number of carbonyl (C=O) groups excluding carboxylic acids is 1. The van der Waals surface area contributed by atoms with Crippen molar-refractivity contribution in [1.82, 2.24) is 8.47 Å². The summed E-state index contributed by atoms with van der Waals surface area (Å²) in [6.07, 6.45) is 3.02. The van der Waals surface area contributed by atoms with Gasteiger partial charge in [0.1, 0.15) is 0 Å². The molecule has 4 aromatic carbocycles. The Morgan fingerprint density at radius 3 is 1.07 bits per heavy atom. The van der Waals surface area contributed by atoms with Gasteiger partial charge in [-0.15, -0.1) is 0 Å². The molecule has 0 unspecified atom stereocenters. The zero-order chi connectivity index (χ0) is 80.5. The quantitative estimate of drug-likeness (QED) is 0.00833. The molecule has 8 heterocycles. The third-order valence-corrected chi connectivity index (χ3v) is 43.2. The molecule has 0 fully saturated rings. The van der Waals surface area contributed by atoms with Gasteiger partial charge in [-0.25, -0.2) is 0 Å². The molecule has 6 aliphatic heterocycles. The number of benzene rings is 4. The van der Waals surface area contributed by atoms with Crippen LogP contribution in [0.2, 0.25) is 38.3 Å². The van der Waals surface area contributed by atoms with Gasteiger partial charge in [0.15, 0.2) is 0 Å². The summed E-state index contributed by atoms with van der Waals surface area (Å²) < 4.78 is 223. The van der Waals surface area contributed by atoms with E-state index in [2.05, 4.69) is 43.1 Å². The Kier molecular flexibility index (Phi) is 24.8. The molecule has 1 spiro atoms. The molecule has 0 saturated carbocycles. The standard InChI is InChI=1S/C72H102N10O22S5Si3/c1-99-64(83)34-43-100-45-47-102-48-46-101-44-42-82(38-17-22-52-108(93,94)95,39-18-23-53-109(96,97)98)41-25-55-111(4,5)104-112(103-110(2,3)54-24-40-81(35-14-19-49-105(84,85)86,36-15-20-50-106(87,88)89)37-16-21-51-107(90,91)92)77-65-56-26-6-7-27-57(56)66(77)74-68-60-30-10-11-31-61(60)70(79(68)112)76-72-63-33-13-12-32-62(63)71(80(72)112)75-69-59-29-9-8-28-58(59)67(73-65)78(69)112/h6-13,26-33H,14-25,34-55H2,1-5H3,(H3-2,84,85,86,87,88,89,90,91,92,93,94,95,96,97,98)/p+2. The normalized spacial score (nSPS) is 17.2. The molecule has 6 aromatic rings. The summed E-state index contributed by atoms with van der Waals surface area (Å²) in [5.74, 6) is 0.0830. The van der Waals surface area contributed by atoms with E-state index in [1.165, 1.54) is 7.11 Å². The fraction of sp³-hybridized carbons (Fsp3) is 0.542. The van der Waals surface area contributed by atoms with E-state index >= 15 is 0 Å². The molecule has 40 heteroatoms. The molecular weight excluding hydrogens is 1600 g/mol. The van der Waals surface area contributed by atoms with E-state index in [-0.39, 0.29) is 82.6 Å². The summed E-state index contributed by atoms with van der Waals surface area (Å²) in [7, 11) is -35.4. The summed E-state index contributed by atoms with van der Waals surface area (Å²) in [5, 5.41) is 2.99. The second kappa shape index (κ2) is 32.6. The molecule has 0 amide bonds. The molecule has 0 atom stereocenters. The number of aliphatic imine (C=N–C) groups is 2. The number of methoxy groups -OCH3 is 1. The van der Waals surface area contributed by atoms with Gasteiger partial charge < -0.3 is 9.47 Å².